The normalized spacial score (nSPS) is 9.78. The average Bonchev–Trinajstić information content (AvgIpc) is 2.38. The molecular formula is C12H9N3O2S. The zero-order chi connectivity index (χ0) is 13.1. The molecule has 6 heteroatoms. The number of nitrogens with one attached hydrogen (secondary N) is 2. The van der Waals surface area contributed by atoms with Crippen LogP contribution in [0.4, 0.5) is 0 Å². The zero-order valence-corrected chi connectivity index (χ0v) is 10.3. The molecule has 2 N–H and O–H groups in total. The predicted octanol–water partition coefficient (Wildman–Crippen LogP) is 1.98. The third kappa shape index (κ3) is 2.17. The molecule has 1 aromatic carbocycles. The Kier molecular flexibility index (Phi) is 3.26. The maximum Gasteiger partial charge on any atom is 0.270 e. The second kappa shape index (κ2) is 4.85. The van der Waals surface area contributed by atoms with Gasteiger partial charge in [-0.25, -0.2) is 0 Å². The Morgan fingerprint density at radius 2 is 2.17 bits per heavy atom. The van der Waals surface area contributed by atoms with E-state index in [1.165, 1.54) is 0 Å². The Morgan fingerprint density at radius 1 is 1.39 bits per heavy atom. The van der Waals surface area contributed by atoms with Crippen molar-refractivity contribution >= 4 is 12.2 Å². The fourth-order valence-electron chi connectivity index (χ4n) is 1.59. The summed E-state index contributed by atoms with van der Waals surface area (Å²) in [7, 11) is 1.55. The third-order valence-electron chi connectivity index (χ3n) is 2.41. The highest BCUT2D eigenvalue weighted by Gasteiger charge is 2.10. The van der Waals surface area contributed by atoms with Crippen LogP contribution < -0.4 is 10.3 Å². The van der Waals surface area contributed by atoms with Crippen LogP contribution in [0.15, 0.2) is 29.1 Å². The maximum absolute atomic E-state index is 11.6. The molecule has 0 aliphatic heterocycles. The van der Waals surface area contributed by atoms with Gasteiger partial charge < -0.3 is 9.72 Å². The molecule has 18 heavy (non-hydrogen) atoms. The predicted molar refractivity (Wildman–Crippen MR) is 69.0 cm³/mol. The Bertz CT molecular complexity index is 740. The Balaban J connectivity index is 2.74. The largest absolute Gasteiger partial charge is 0.497 e. The van der Waals surface area contributed by atoms with Gasteiger partial charge in [-0.1, -0.05) is 12.1 Å². The lowest BCUT2D eigenvalue weighted by molar-refractivity contribution is 0.415. The summed E-state index contributed by atoms with van der Waals surface area (Å²) in [5.41, 5.74) is 0.559. The van der Waals surface area contributed by atoms with Crippen molar-refractivity contribution in [3.8, 4) is 23.1 Å². The van der Waals surface area contributed by atoms with Crippen molar-refractivity contribution in [1.29, 1.82) is 5.26 Å². The topological polar surface area (TPSA) is 81.7 Å². The van der Waals surface area contributed by atoms with Crippen molar-refractivity contribution in [2.45, 2.75) is 0 Å². The number of aromatic amines is 2. The Morgan fingerprint density at radius 3 is 2.83 bits per heavy atom. The van der Waals surface area contributed by atoms with Gasteiger partial charge in [0.15, 0.2) is 4.77 Å². The second-order valence-corrected chi connectivity index (χ2v) is 3.91. The first-order valence-electron chi connectivity index (χ1n) is 5.07. The molecular weight excluding hydrogens is 250 g/mol. The van der Waals surface area contributed by atoms with E-state index >= 15 is 0 Å². The quantitative estimate of drug-likeness (QED) is 0.808. The van der Waals surface area contributed by atoms with E-state index in [-0.39, 0.29) is 10.3 Å². The lowest BCUT2D eigenvalue weighted by atomic mass is 10.1. The highest BCUT2D eigenvalue weighted by atomic mass is 32.1. The molecule has 5 nitrogen and oxygen atoms in total. The van der Waals surface area contributed by atoms with E-state index in [0.717, 1.165) is 0 Å². The number of nitrogens with zero attached hydrogens (tertiary/aromatic N) is 1. The molecule has 0 atom stereocenters. The van der Waals surface area contributed by atoms with Gasteiger partial charge in [-0.3, -0.25) is 9.78 Å². The van der Waals surface area contributed by atoms with Gasteiger partial charge in [0.25, 0.3) is 5.56 Å². The Labute approximate surface area is 108 Å². The SMILES string of the molecule is COc1cccc(-c2[nH]c(=S)[nH]c(=O)c2C#N)c1. The summed E-state index contributed by atoms with van der Waals surface area (Å²) in [5, 5.41) is 9.02. The number of H-pyrrole nitrogens is 2. The monoisotopic (exact) mass is 259 g/mol. The molecule has 1 aromatic heterocycles. The summed E-state index contributed by atoms with van der Waals surface area (Å²) in [6.07, 6.45) is 0. The molecule has 0 radical (unpaired) electrons. The van der Waals surface area contributed by atoms with Crippen molar-refractivity contribution in [1.82, 2.24) is 9.97 Å². The lowest BCUT2D eigenvalue weighted by Crippen LogP contribution is -2.13. The van der Waals surface area contributed by atoms with Crippen molar-refractivity contribution < 1.29 is 4.74 Å². The zero-order valence-electron chi connectivity index (χ0n) is 9.48. The summed E-state index contributed by atoms with van der Waals surface area (Å²) < 4.78 is 5.28. The van der Waals surface area contributed by atoms with Gasteiger partial charge in [0.2, 0.25) is 0 Å². The number of aromatic nitrogens is 2. The van der Waals surface area contributed by atoms with Gasteiger partial charge in [0, 0.05) is 5.56 Å². The Hall–Kier alpha value is -2.39. The lowest BCUT2D eigenvalue weighted by Gasteiger charge is -2.06. The minimum absolute atomic E-state index is 0.00291. The highest BCUT2D eigenvalue weighted by molar-refractivity contribution is 7.71. The minimum Gasteiger partial charge on any atom is -0.497 e. The average molecular weight is 259 g/mol. The van der Waals surface area contributed by atoms with Crippen LogP contribution in [0.2, 0.25) is 0 Å². The van der Waals surface area contributed by atoms with E-state index in [2.05, 4.69) is 9.97 Å². The van der Waals surface area contributed by atoms with Crippen LogP contribution in [0, 0.1) is 16.1 Å². The fourth-order valence-corrected chi connectivity index (χ4v) is 1.78. The van der Waals surface area contributed by atoms with Crippen LogP contribution in [0.1, 0.15) is 5.56 Å². The molecule has 0 aliphatic carbocycles. The summed E-state index contributed by atoms with van der Waals surface area (Å²) in [5.74, 6) is 0.635. The molecule has 0 fully saturated rings. The molecule has 2 rings (SSSR count). The van der Waals surface area contributed by atoms with Crippen LogP contribution >= 0.6 is 12.2 Å². The van der Waals surface area contributed by atoms with E-state index in [9.17, 15) is 4.79 Å². The molecule has 0 saturated carbocycles. The highest BCUT2D eigenvalue weighted by Crippen LogP contribution is 2.23. The molecule has 0 bridgehead atoms. The number of benzene rings is 1. The number of hydrogen-bond donors (Lipinski definition) is 2. The third-order valence-corrected chi connectivity index (χ3v) is 2.62. The van der Waals surface area contributed by atoms with Crippen LogP contribution in [0.5, 0.6) is 5.75 Å². The summed E-state index contributed by atoms with van der Waals surface area (Å²) in [6, 6.07) is 8.90. The fraction of sp³-hybridized carbons (Fsp3) is 0.0833. The first kappa shape index (κ1) is 12.1. The molecule has 90 valence electrons. The molecule has 0 spiro atoms. The van der Waals surface area contributed by atoms with Crippen molar-refractivity contribution in [3.05, 3.63) is 45.0 Å². The van der Waals surface area contributed by atoms with Gasteiger partial charge in [0.1, 0.15) is 17.4 Å². The molecule has 0 unspecified atom stereocenters. The van der Waals surface area contributed by atoms with Crippen molar-refractivity contribution in [2.24, 2.45) is 0 Å². The number of nitriles is 1. The van der Waals surface area contributed by atoms with E-state index in [1.807, 2.05) is 6.07 Å². The van der Waals surface area contributed by atoms with E-state index < -0.39 is 5.56 Å². The van der Waals surface area contributed by atoms with E-state index in [1.54, 1.807) is 31.4 Å². The summed E-state index contributed by atoms with van der Waals surface area (Å²) >= 11 is 4.90. The van der Waals surface area contributed by atoms with Gasteiger partial charge in [0.05, 0.1) is 12.8 Å². The van der Waals surface area contributed by atoms with Gasteiger partial charge in [-0.15, -0.1) is 0 Å². The standard InChI is InChI=1S/C12H9N3O2S/c1-17-8-4-2-3-7(5-8)10-9(6-13)11(16)15-12(18)14-10/h2-5H,1H3,(H2,14,15,16,18). The molecule has 0 aliphatic rings. The van der Waals surface area contributed by atoms with E-state index in [4.69, 9.17) is 22.2 Å². The number of rotatable bonds is 2. The van der Waals surface area contributed by atoms with E-state index in [0.29, 0.717) is 17.0 Å². The molecule has 1 heterocycles. The van der Waals surface area contributed by atoms with Crippen molar-refractivity contribution in [3.63, 3.8) is 0 Å². The number of ether oxygens (including phenoxy) is 1. The first-order valence-corrected chi connectivity index (χ1v) is 5.47. The number of methoxy groups -OCH3 is 1. The van der Waals surface area contributed by atoms with Crippen LogP contribution in [0.3, 0.4) is 0 Å². The summed E-state index contributed by atoms with van der Waals surface area (Å²) in [4.78, 5) is 16.8. The van der Waals surface area contributed by atoms with Crippen LogP contribution in [-0.4, -0.2) is 17.1 Å². The maximum atomic E-state index is 11.6. The van der Waals surface area contributed by atoms with Gasteiger partial charge >= 0.3 is 0 Å². The smallest absolute Gasteiger partial charge is 0.270 e. The molecule has 2 aromatic rings. The van der Waals surface area contributed by atoms with Gasteiger partial charge in [-0.05, 0) is 24.4 Å². The molecule has 0 amide bonds. The number of hydrogen-bond acceptors (Lipinski definition) is 4. The van der Waals surface area contributed by atoms with Crippen LogP contribution in [-0.2, 0) is 0 Å². The summed E-state index contributed by atoms with van der Waals surface area (Å²) in [6.45, 7) is 0. The second-order valence-electron chi connectivity index (χ2n) is 3.50. The van der Waals surface area contributed by atoms with Gasteiger partial charge in [-0.2, -0.15) is 5.26 Å². The molecule has 0 saturated heterocycles. The van der Waals surface area contributed by atoms with Crippen LogP contribution in [0.25, 0.3) is 11.3 Å². The first-order chi connectivity index (χ1) is 8.65. The van der Waals surface area contributed by atoms with Crippen molar-refractivity contribution in [2.75, 3.05) is 7.11 Å². The minimum atomic E-state index is -0.501.